The number of nitrogens with zero attached hydrogens (tertiary/aromatic N) is 1. The highest BCUT2D eigenvalue weighted by Crippen LogP contribution is 2.25. The zero-order valence-corrected chi connectivity index (χ0v) is 13.2. The summed E-state index contributed by atoms with van der Waals surface area (Å²) in [5, 5.41) is 6.37. The Morgan fingerprint density at radius 2 is 1.83 bits per heavy atom. The number of rotatable bonds is 5. The van der Waals surface area contributed by atoms with Gasteiger partial charge in [0.2, 0.25) is 0 Å². The van der Waals surface area contributed by atoms with Crippen molar-refractivity contribution in [2.45, 2.75) is 0 Å². The number of para-hydroxylation sites is 3. The lowest BCUT2D eigenvalue weighted by molar-refractivity contribution is 0.231. The van der Waals surface area contributed by atoms with E-state index in [1.807, 2.05) is 36.4 Å². The summed E-state index contributed by atoms with van der Waals surface area (Å²) >= 11 is 0. The van der Waals surface area contributed by atoms with Gasteiger partial charge in [-0.3, -0.25) is 4.98 Å². The lowest BCUT2D eigenvalue weighted by atomic mass is 10.2. The lowest BCUT2D eigenvalue weighted by Crippen LogP contribution is -2.32. The first-order valence-electron chi connectivity index (χ1n) is 7.42. The van der Waals surface area contributed by atoms with E-state index in [-0.39, 0.29) is 12.8 Å². The van der Waals surface area contributed by atoms with E-state index in [1.165, 1.54) is 0 Å². The molecule has 1 heterocycles. The van der Waals surface area contributed by atoms with E-state index < -0.39 is 0 Å². The predicted octanol–water partition coefficient (Wildman–Crippen LogP) is 3.40. The minimum Gasteiger partial charge on any atom is -0.493 e. The predicted molar refractivity (Wildman–Crippen MR) is 92.4 cm³/mol. The number of fused-ring (bicyclic) bond motifs is 1. The first kappa shape index (κ1) is 15.6. The molecule has 0 bridgehead atoms. The zero-order valence-electron chi connectivity index (χ0n) is 13.2. The molecule has 0 fully saturated rings. The summed E-state index contributed by atoms with van der Waals surface area (Å²) in [7, 11) is 1.57. The molecule has 0 aliphatic carbocycles. The van der Waals surface area contributed by atoms with Gasteiger partial charge < -0.3 is 20.1 Å². The van der Waals surface area contributed by atoms with Crippen LogP contribution in [0.2, 0.25) is 0 Å². The molecular weight excluding hydrogens is 306 g/mol. The number of anilines is 1. The summed E-state index contributed by atoms with van der Waals surface area (Å²) in [6.07, 6.45) is 1.69. The van der Waals surface area contributed by atoms with Crippen LogP contribution in [-0.2, 0) is 0 Å². The van der Waals surface area contributed by atoms with Gasteiger partial charge in [0.25, 0.3) is 0 Å². The standard InChI is InChI=1S/C18H17N3O3/c1-23-15-9-2-3-10-16(15)24-12-20-18(22)21-14-8-4-6-13-7-5-11-19-17(13)14/h2-11H,12H2,1H3,(H2,20,21,22). The van der Waals surface area contributed by atoms with Crippen LogP contribution in [0.4, 0.5) is 10.5 Å². The van der Waals surface area contributed by atoms with Gasteiger partial charge in [-0.05, 0) is 24.3 Å². The molecule has 0 aliphatic heterocycles. The van der Waals surface area contributed by atoms with Crippen LogP contribution in [0.3, 0.4) is 0 Å². The van der Waals surface area contributed by atoms with E-state index in [0.29, 0.717) is 17.2 Å². The topological polar surface area (TPSA) is 72.5 Å². The minimum absolute atomic E-state index is 0.0183. The Morgan fingerprint density at radius 3 is 2.67 bits per heavy atom. The fourth-order valence-electron chi connectivity index (χ4n) is 2.29. The third-order valence-electron chi connectivity index (χ3n) is 3.41. The number of pyridine rings is 1. The summed E-state index contributed by atoms with van der Waals surface area (Å²) in [4.78, 5) is 16.3. The maximum atomic E-state index is 12.0. The Kier molecular flexibility index (Phi) is 4.76. The molecule has 0 saturated carbocycles. The Bertz CT molecular complexity index is 846. The number of carbonyl (C=O) groups excluding carboxylic acids is 1. The second-order valence-electron chi connectivity index (χ2n) is 4.95. The van der Waals surface area contributed by atoms with Crippen LogP contribution in [0.25, 0.3) is 10.9 Å². The number of urea groups is 1. The van der Waals surface area contributed by atoms with Gasteiger partial charge in [0, 0.05) is 11.6 Å². The van der Waals surface area contributed by atoms with Crippen molar-refractivity contribution in [2.24, 2.45) is 0 Å². The largest absolute Gasteiger partial charge is 0.493 e. The molecule has 0 atom stereocenters. The van der Waals surface area contributed by atoms with E-state index in [2.05, 4.69) is 15.6 Å². The number of carbonyl (C=O) groups is 1. The Labute approximate surface area is 139 Å². The molecule has 0 saturated heterocycles. The molecule has 122 valence electrons. The molecule has 6 nitrogen and oxygen atoms in total. The van der Waals surface area contributed by atoms with Gasteiger partial charge >= 0.3 is 6.03 Å². The van der Waals surface area contributed by atoms with Gasteiger partial charge in [-0.1, -0.05) is 30.3 Å². The molecular formula is C18H17N3O3. The highest BCUT2D eigenvalue weighted by molar-refractivity contribution is 5.99. The lowest BCUT2D eigenvalue weighted by Gasteiger charge is -2.12. The number of benzene rings is 2. The summed E-state index contributed by atoms with van der Waals surface area (Å²) in [6.45, 7) is 0.0183. The SMILES string of the molecule is COc1ccccc1OCNC(=O)Nc1cccc2cccnc12. The molecule has 3 rings (SSSR count). The molecule has 6 heteroatoms. The van der Waals surface area contributed by atoms with Gasteiger partial charge in [0.1, 0.15) is 0 Å². The number of hydrogen-bond donors (Lipinski definition) is 2. The van der Waals surface area contributed by atoms with Crippen molar-refractivity contribution in [3.05, 3.63) is 60.8 Å². The molecule has 2 aromatic carbocycles. The number of ether oxygens (including phenoxy) is 2. The molecule has 1 aromatic heterocycles. The third-order valence-corrected chi connectivity index (χ3v) is 3.41. The number of methoxy groups -OCH3 is 1. The average molecular weight is 323 g/mol. The molecule has 3 aromatic rings. The van der Waals surface area contributed by atoms with E-state index in [0.717, 1.165) is 10.9 Å². The second-order valence-corrected chi connectivity index (χ2v) is 4.95. The molecule has 0 radical (unpaired) electrons. The highest BCUT2D eigenvalue weighted by Gasteiger charge is 2.07. The maximum absolute atomic E-state index is 12.0. The van der Waals surface area contributed by atoms with Crippen molar-refractivity contribution in [1.82, 2.24) is 10.3 Å². The maximum Gasteiger partial charge on any atom is 0.321 e. The van der Waals surface area contributed by atoms with Gasteiger partial charge in [0.05, 0.1) is 18.3 Å². The molecule has 0 spiro atoms. The molecule has 2 N–H and O–H groups in total. The number of nitrogens with one attached hydrogen (secondary N) is 2. The van der Waals surface area contributed by atoms with Crippen molar-refractivity contribution in [1.29, 1.82) is 0 Å². The van der Waals surface area contributed by atoms with E-state index in [9.17, 15) is 4.79 Å². The molecule has 2 amide bonds. The van der Waals surface area contributed by atoms with Crippen molar-refractivity contribution in [3.8, 4) is 11.5 Å². The summed E-state index contributed by atoms with van der Waals surface area (Å²) in [6, 6.07) is 16.3. The van der Waals surface area contributed by atoms with Crippen LogP contribution in [0.15, 0.2) is 60.8 Å². The van der Waals surface area contributed by atoms with Crippen molar-refractivity contribution < 1.29 is 14.3 Å². The van der Waals surface area contributed by atoms with Gasteiger partial charge in [-0.25, -0.2) is 4.79 Å². The van der Waals surface area contributed by atoms with Crippen LogP contribution in [0, 0.1) is 0 Å². The molecule has 0 unspecified atom stereocenters. The number of aromatic nitrogens is 1. The first-order chi connectivity index (χ1) is 11.8. The smallest absolute Gasteiger partial charge is 0.321 e. The average Bonchev–Trinajstić information content (AvgIpc) is 2.62. The zero-order chi connectivity index (χ0) is 16.8. The fraction of sp³-hybridized carbons (Fsp3) is 0.111. The van der Waals surface area contributed by atoms with Crippen LogP contribution in [0.1, 0.15) is 0 Å². The van der Waals surface area contributed by atoms with Crippen LogP contribution in [0.5, 0.6) is 11.5 Å². The van der Waals surface area contributed by atoms with Crippen LogP contribution in [-0.4, -0.2) is 24.9 Å². The number of amides is 2. The first-order valence-corrected chi connectivity index (χ1v) is 7.42. The van der Waals surface area contributed by atoms with E-state index in [1.54, 1.807) is 31.5 Å². The van der Waals surface area contributed by atoms with Gasteiger partial charge in [-0.15, -0.1) is 0 Å². The van der Waals surface area contributed by atoms with E-state index >= 15 is 0 Å². The highest BCUT2D eigenvalue weighted by atomic mass is 16.5. The monoisotopic (exact) mass is 323 g/mol. The minimum atomic E-state index is -0.372. The quantitative estimate of drug-likeness (QED) is 0.706. The Morgan fingerprint density at radius 1 is 1.04 bits per heavy atom. The normalized spacial score (nSPS) is 10.2. The second kappa shape index (κ2) is 7.32. The van der Waals surface area contributed by atoms with Gasteiger partial charge in [0.15, 0.2) is 18.2 Å². The summed E-state index contributed by atoms with van der Waals surface area (Å²) in [5.74, 6) is 1.17. The fourth-order valence-corrected chi connectivity index (χ4v) is 2.29. The van der Waals surface area contributed by atoms with Crippen molar-refractivity contribution >= 4 is 22.6 Å². The molecule has 24 heavy (non-hydrogen) atoms. The van der Waals surface area contributed by atoms with Gasteiger partial charge in [-0.2, -0.15) is 0 Å². The van der Waals surface area contributed by atoms with Crippen molar-refractivity contribution in [2.75, 3.05) is 19.2 Å². The molecule has 0 aliphatic rings. The van der Waals surface area contributed by atoms with E-state index in [4.69, 9.17) is 9.47 Å². The Balaban J connectivity index is 1.59. The van der Waals surface area contributed by atoms with Crippen LogP contribution >= 0.6 is 0 Å². The Hall–Kier alpha value is -3.28. The van der Waals surface area contributed by atoms with Crippen molar-refractivity contribution in [3.63, 3.8) is 0 Å². The number of hydrogen-bond acceptors (Lipinski definition) is 4. The summed E-state index contributed by atoms with van der Waals surface area (Å²) < 4.78 is 10.7. The van der Waals surface area contributed by atoms with Crippen LogP contribution < -0.4 is 20.1 Å². The third kappa shape index (κ3) is 3.55. The summed E-state index contributed by atoms with van der Waals surface area (Å²) in [5.41, 5.74) is 1.38.